The maximum Gasteiger partial charge on any atom is 0.299 e. The van der Waals surface area contributed by atoms with Crippen molar-refractivity contribution in [1.29, 1.82) is 0 Å². The number of fused-ring (bicyclic) bond motifs is 1. The third kappa shape index (κ3) is 4.28. The number of amides is 1. The molecule has 7 nitrogen and oxygen atoms in total. The Morgan fingerprint density at radius 2 is 1.87 bits per heavy atom. The molecule has 1 amide bonds. The van der Waals surface area contributed by atoms with Gasteiger partial charge in [0, 0.05) is 29.8 Å². The molecular formula is C22H23IN2O5S. The molecule has 9 heteroatoms. The summed E-state index contributed by atoms with van der Waals surface area (Å²) in [4.78, 5) is 26.7. The van der Waals surface area contributed by atoms with Gasteiger partial charge in [0.1, 0.15) is 0 Å². The van der Waals surface area contributed by atoms with Gasteiger partial charge in [0.25, 0.3) is 11.7 Å². The highest BCUT2D eigenvalue weighted by molar-refractivity contribution is 14.1. The van der Waals surface area contributed by atoms with Crippen molar-refractivity contribution in [2.24, 2.45) is 0 Å². The topological polar surface area (TPSA) is 84.0 Å². The molecule has 4 rings (SSSR count). The fourth-order valence-electron chi connectivity index (χ4n) is 4.17. The summed E-state index contributed by atoms with van der Waals surface area (Å²) < 4.78 is 34.1. The van der Waals surface area contributed by atoms with Gasteiger partial charge in [-0.05, 0) is 77.7 Å². The van der Waals surface area contributed by atoms with Crippen molar-refractivity contribution < 1.29 is 22.7 Å². The first-order chi connectivity index (χ1) is 14.8. The number of nitrogens with zero attached hydrogens (tertiary/aromatic N) is 2. The normalized spacial score (nSPS) is 19.3. The molecule has 2 aliphatic heterocycles. The smallest absolute Gasteiger partial charge is 0.299 e. The van der Waals surface area contributed by atoms with E-state index in [1.165, 1.54) is 21.3 Å². The molecule has 0 bridgehead atoms. The fraction of sp³-hybridized carbons (Fsp3) is 0.364. The van der Waals surface area contributed by atoms with Crippen LogP contribution in [0.2, 0.25) is 0 Å². The van der Waals surface area contributed by atoms with Crippen LogP contribution < -0.4 is 4.90 Å². The molecule has 2 aliphatic rings. The molecule has 0 N–H and O–H groups in total. The van der Waals surface area contributed by atoms with Crippen LogP contribution >= 0.6 is 22.6 Å². The minimum Gasteiger partial charge on any atom is -0.383 e. The highest BCUT2D eigenvalue weighted by Gasteiger charge is 2.39. The van der Waals surface area contributed by atoms with Crippen molar-refractivity contribution >= 4 is 50.0 Å². The number of rotatable bonds is 7. The van der Waals surface area contributed by atoms with Crippen LogP contribution in [0, 0.1) is 3.57 Å². The molecule has 0 aromatic heterocycles. The highest BCUT2D eigenvalue weighted by atomic mass is 123. The molecule has 0 unspecified atom stereocenters. The van der Waals surface area contributed by atoms with E-state index in [1.54, 1.807) is 13.2 Å². The molecule has 2 aromatic rings. The van der Waals surface area contributed by atoms with E-state index in [0.717, 1.165) is 22.0 Å². The minimum atomic E-state index is -3.78. The monoisotopic (exact) mass is 550 g/mol. The molecule has 2 heterocycles. The Hall–Kier alpha value is -1.82. The Morgan fingerprint density at radius 3 is 2.58 bits per heavy atom. The van der Waals surface area contributed by atoms with Gasteiger partial charge < -0.3 is 9.64 Å². The van der Waals surface area contributed by atoms with Crippen molar-refractivity contribution in [1.82, 2.24) is 4.31 Å². The summed E-state index contributed by atoms with van der Waals surface area (Å²) in [5.41, 5.74) is 1.68. The molecule has 1 saturated heterocycles. The van der Waals surface area contributed by atoms with Gasteiger partial charge >= 0.3 is 0 Å². The molecule has 0 saturated carbocycles. The maximum absolute atomic E-state index is 13.2. The number of halogens is 1. The van der Waals surface area contributed by atoms with E-state index in [1.807, 2.05) is 24.3 Å². The summed E-state index contributed by atoms with van der Waals surface area (Å²) >= 11 is 2.23. The third-order valence-electron chi connectivity index (χ3n) is 5.77. The number of ketones is 1. The fourth-order valence-corrected chi connectivity index (χ4v) is 6.24. The number of carbonyl (C=O) groups is 2. The van der Waals surface area contributed by atoms with Gasteiger partial charge in [-0.25, -0.2) is 8.42 Å². The maximum atomic E-state index is 13.2. The lowest BCUT2D eigenvalue weighted by Gasteiger charge is -2.24. The van der Waals surface area contributed by atoms with Gasteiger partial charge in [0.2, 0.25) is 10.0 Å². The number of hydrogen-bond acceptors (Lipinski definition) is 5. The van der Waals surface area contributed by atoms with Crippen LogP contribution in [0.4, 0.5) is 5.69 Å². The van der Waals surface area contributed by atoms with E-state index >= 15 is 0 Å². The Balaban J connectivity index is 1.58. The zero-order valence-electron chi connectivity index (χ0n) is 17.1. The number of carbonyl (C=O) groups excluding carboxylic acids is 2. The first-order valence-electron chi connectivity index (χ1n) is 10.1. The van der Waals surface area contributed by atoms with Crippen LogP contribution in [0.3, 0.4) is 0 Å². The predicted octanol–water partition coefficient (Wildman–Crippen LogP) is 2.86. The molecule has 1 atom stereocenters. The van der Waals surface area contributed by atoms with E-state index in [0.29, 0.717) is 31.8 Å². The molecule has 1 fully saturated rings. The Bertz CT molecular complexity index is 1120. The summed E-state index contributed by atoms with van der Waals surface area (Å²) in [6, 6.07) is 12.2. The SMILES string of the molecule is COC[C@@H]1CCCN1S(=O)(=O)c1ccc2c(c1)C(=O)C(=O)N2CCc1ccc([123I])cc1. The van der Waals surface area contributed by atoms with Crippen molar-refractivity contribution in [3.63, 3.8) is 0 Å². The number of anilines is 1. The average molecular weight is 550 g/mol. The zero-order chi connectivity index (χ0) is 22.2. The summed E-state index contributed by atoms with van der Waals surface area (Å²) in [6.07, 6.45) is 2.10. The first-order valence-corrected chi connectivity index (χ1v) is 12.6. The van der Waals surface area contributed by atoms with Gasteiger partial charge in [0.15, 0.2) is 0 Å². The molecule has 2 aromatic carbocycles. The molecular weight excluding hydrogens is 527 g/mol. The molecule has 31 heavy (non-hydrogen) atoms. The summed E-state index contributed by atoms with van der Waals surface area (Å²) in [5, 5.41) is 0. The lowest BCUT2D eigenvalue weighted by atomic mass is 10.1. The number of methoxy groups -OCH3 is 1. The third-order valence-corrected chi connectivity index (χ3v) is 8.44. The van der Waals surface area contributed by atoms with Crippen molar-refractivity contribution in [2.75, 3.05) is 31.7 Å². The molecule has 0 radical (unpaired) electrons. The van der Waals surface area contributed by atoms with Gasteiger partial charge in [0.05, 0.1) is 22.8 Å². The number of Topliss-reactive ketones (excluding diaryl/α,β-unsaturated/α-hetero) is 1. The van der Waals surface area contributed by atoms with Crippen LogP contribution in [0.5, 0.6) is 0 Å². The van der Waals surface area contributed by atoms with Crippen LogP contribution in [0.25, 0.3) is 0 Å². The quantitative estimate of drug-likeness (QED) is 0.391. The van der Waals surface area contributed by atoms with Crippen LogP contribution in [-0.2, 0) is 26.0 Å². The van der Waals surface area contributed by atoms with Crippen molar-refractivity contribution in [3.05, 3.63) is 57.2 Å². The number of benzene rings is 2. The molecule has 0 spiro atoms. The van der Waals surface area contributed by atoms with Crippen LogP contribution in [0.15, 0.2) is 47.4 Å². The van der Waals surface area contributed by atoms with Crippen LogP contribution in [0.1, 0.15) is 28.8 Å². The van der Waals surface area contributed by atoms with Gasteiger partial charge in [-0.1, -0.05) is 12.1 Å². The number of hydrogen-bond donors (Lipinski definition) is 0. The van der Waals surface area contributed by atoms with Gasteiger partial charge in [-0.3, -0.25) is 9.59 Å². The number of ether oxygens (including phenoxy) is 1. The van der Waals surface area contributed by atoms with E-state index < -0.39 is 21.7 Å². The van der Waals surface area contributed by atoms with Crippen molar-refractivity contribution in [2.45, 2.75) is 30.2 Å². The highest BCUT2D eigenvalue weighted by Crippen LogP contribution is 2.33. The van der Waals surface area contributed by atoms with Gasteiger partial charge in [-0.2, -0.15) is 4.31 Å². The first kappa shape index (κ1) is 22.4. The van der Waals surface area contributed by atoms with Crippen molar-refractivity contribution in [3.8, 4) is 0 Å². The molecule has 0 aliphatic carbocycles. The Morgan fingerprint density at radius 1 is 1.13 bits per heavy atom. The Kier molecular flexibility index (Phi) is 6.47. The molecule has 164 valence electrons. The second-order valence-electron chi connectivity index (χ2n) is 7.71. The van der Waals surface area contributed by atoms with E-state index in [4.69, 9.17) is 4.74 Å². The predicted molar refractivity (Wildman–Crippen MR) is 125 cm³/mol. The van der Waals surface area contributed by atoms with Crippen LogP contribution in [-0.4, -0.2) is 57.3 Å². The lowest BCUT2D eigenvalue weighted by molar-refractivity contribution is -0.114. The minimum absolute atomic E-state index is 0.0369. The number of sulfonamides is 1. The Labute approximate surface area is 195 Å². The van der Waals surface area contributed by atoms with E-state index in [2.05, 4.69) is 22.6 Å². The van der Waals surface area contributed by atoms with E-state index in [9.17, 15) is 18.0 Å². The summed E-state index contributed by atoms with van der Waals surface area (Å²) in [5.74, 6) is -1.28. The summed E-state index contributed by atoms with van der Waals surface area (Å²) in [7, 11) is -2.23. The van der Waals surface area contributed by atoms with E-state index in [-0.39, 0.29) is 16.5 Å². The zero-order valence-corrected chi connectivity index (χ0v) is 20.1. The standard InChI is InChI=1S/C22H23IN2O5S/c1-30-14-17-3-2-11-25(17)31(28,29)18-8-9-20-19(13-18)21(26)22(27)24(20)12-10-15-4-6-16(23)7-5-15/h4-9,13,17H,2-3,10-12,14H2,1H3/t17-/m0/s1/i23-4. The second kappa shape index (κ2) is 8.97. The average Bonchev–Trinajstić information content (AvgIpc) is 3.32. The largest absolute Gasteiger partial charge is 0.383 e. The summed E-state index contributed by atoms with van der Waals surface area (Å²) in [6.45, 7) is 1.10. The second-order valence-corrected chi connectivity index (χ2v) is 10.8. The lowest BCUT2D eigenvalue weighted by Crippen LogP contribution is -2.38. The van der Waals surface area contributed by atoms with Gasteiger partial charge in [-0.15, -0.1) is 0 Å².